The number of nitrogens with one attached hydrogen (secondary N) is 1. The van der Waals surface area contributed by atoms with Gasteiger partial charge >= 0.3 is 5.97 Å². The maximum atomic E-state index is 13.0. The zero-order chi connectivity index (χ0) is 20.4. The first kappa shape index (κ1) is 18.7. The van der Waals surface area contributed by atoms with Crippen LogP contribution in [0.2, 0.25) is 0 Å². The Balaban J connectivity index is 1.53. The standard InChI is InChI=1S/C23H18FNO4/c1-14(22(26)25-16-12-10-15(24)11-13-16)28-23(27)21-17-6-2-4-8-19(17)29-20-9-5-3-7-18(20)21/h2-14,21H,1H3,(H,25,26)/t14-/m1/s1. The van der Waals surface area contributed by atoms with Crippen LogP contribution in [0, 0.1) is 5.82 Å². The summed E-state index contributed by atoms with van der Waals surface area (Å²) < 4.78 is 24.4. The molecule has 1 atom stereocenters. The average Bonchev–Trinajstić information content (AvgIpc) is 2.73. The smallest absolute Gasteiger partial charge is 0.318 e. The monoisotopic (exact) mass is 391 g/mol. The van der Waals surface area contributed by atoms with Crippen LogP contribution in [0.4, 0.5) is 10.1 Å². The topological polar surface area (TPSA) is 64.6 Å². The molecule has 5 nitrogen and oxygen atoms in total. The molecule has 1 amide bonds. The summed E-state index contributed by atoms with van der Waals surface area (Å²) in [5.74, 6) is -0.988. The van der Waals surface area contributed by atoms with E-state index in [9.17, 15) is 14.0 Å². The molecular formula is C23H18FNO4. The van der Waals surface area contributed by atoms with Gasteiger partial charge in [-0.1, -0.05) is 36.4 Å². The van der Waals surface area contributed by atoms with Gasteiger partial charge in [-0.15, -0.1) is 0 Å². The summed E-state index contributed by atoms with van der Waals surface area (Å²) in [7, 11) is 0. The van der Waals surface area contributed by atoms with Crippen LogP contribution in [0.15, 0.2) is 72.8 Å². The van der Waals surface area contributed by atoms with E-state index in [2.05, 4.69) is 5.32 Å². The number of hydrogen-bond acceptors (Lipinski definition) is 4. The van der Waals surface area contributed by atoms with Crippen molar-refractivity contribution in [1.82, 2.24) is 0 Å². The van der Waals surface area contributed by atoms with Crippen molar-refractivity contribution in [2.24, 2.45) is 0 Å². The van der Waals surface area contributed by atoms with E-state index in [1.165, 1.54) is 31.2 Å². The number of anilines is 1. The summed E-state index contributed by atoms with van der Waals surface area (Å²) in [6, 6.07) is 19.8. The number of para-hydroxylation sites is 2. The molecule has 0 aliphatic carbocycles. The van der Waals surface area contributed by atoms with Gasteiger partial charge in [0.25, 0.3) is 5.91 Å². The number of rotatable bonds is 4. The molecule has 1 N–H and O–H groups in total. The fraction of sp³-hybridized carbons (Fsp3) is 0.130. The molecule has 1 aliphatic rings. The molecule has 3 aromatic carbocycles. The van der Waals surface area contributed by atoms with Gasteiger partial charge in [-0.3, -0.25) is 9.59 Å². The highest BCUT2D eigenvalue weighted by atomic mass is 19.1. The van der Waals surface area contributed by atoms with E-state index in [-0.39, 0.29) is 0 Å². The predicted octanol–water partition coefficient (Wildman–Crippen LogP) is 4.63. The van der Waals surface area contributed by atoms with Crippen LogP contribution in [0.25, 0.3) is 0 Å². The molecule has 1 aliphatic heterocycles. The van der Waals surface area contributed by atoms with Gasteiger partial charge in [-0.05, 0) is 43.3 Å². The lowest BCUT2D eigenvalue weighted by molar-refractivity contribution is -0.153. The highest BCUT2D eigenvalue weighted by Crippen LogP contribution is 2.44. The maximum absolute atomic E-state index is 13.0. The summed E-state index contributed by atoms with van der Waals surface area (Å²) in [4.78, 5) is 25.4. The minimum Gasteiger partial charge on any atom is -0.457 e. The number of benzene rings is 3. The third-order valence-electron chi connectivity index (χ3n) is 4.69. The van der Waals surface area contributed by atoms with Gasteiger partial charge in [0.05, 0.1) is 0 Å². The second-order valence-electron chi connectivity index (χ2n) is 6.69. The Labute approximate surface area is 167 Å². The Morgan fingerprint density at radius 1 is 0.931 bits per heavy atom. The molecule has 1 heterocycles. The van der Waals surface area contributed by atoms with Gasteiger partial charge in [0.2, 0.25) is 0 Å². The Hall–Kier alpha value is -3.67. The van der Waals surface area contributed by atoms with Crippen molar-refractivity contribution in [2.45, 2.75) is 18.9 Å². The molecule has 0 saturated heterocycles. The second kappa shape index (κ2) is 7.75. The Morgan fingerprint density at radius 3 is 2.07 bits per heavy atom. The van der Waals surface area contributed by atoms with Crippen molar-refractivity contribution in [2.75, 3.05) is 5.32 Å². The van der Waals surface area contributed by atoms with E-state index in [4.69, 9.17) is 9.47 Å². The van der Waals surface area contributed by atoms with Crippen molar-refractivity contribution < 1.29 is 23.5 Å². The largest absolute Gasteiger partial charge is 0.457 e. The normalized spacial score (nSPS) is 13.4. The van der Waals surface area contributed by atoms with E-state index in [0.29, 0.717) is 28.3 Å². The molecule has 29 heavy (non-hydrogen) atoms. The van der Waals surface area contributed by atoms with Crippen molar-refractivity contribution in [3.63, 3.8) is 0 Å². The van der Waals surface area contributed by atoms with Crippen LogP contribution in [0.5, 0.6) is 11.5 Å². The fourth-order valence-electron chi connectivity index (χ4n) is 3.24. The fourth-order valence-corrected chi connectivity index (χ4v) is 3.24. The van der Waals surface area contributed by atoms with E-state index < -0.39 is 29.7 Å². The lowest BCUT2D eigenvalue weighted by Crippen LogP contribution is -2.32. The zero-order valence-electron chi connectivity index (χ0n) is 15.6. The van der Waals surface area contributed by atoms with E-state index in [1.807, 2.05) is 24.3 Å². The lowest BCUT2D eigenvalue weighted by atomic mass is 9.88. The molecule has 146 valence electrons. The van der Waals surface area contributed by atoms with Crippen LogP contribution in [-0.2, 0) is 14.3 Å². The second-order valence-corrected chi connectivity index (χ2v) is 6.69. The SMILES string of the molecule is C[C@@H](OC(=O)C1c2ccccc2Oc2ccccc21)C(=O)Nc1ccc(F)cc1. The number of carbonyl (C=O) groups excluding carboxylic acids is 2. The molecule has 0 saturated carbocycles. The van der Waals surface area contributed by atoms with E-state index >= 15 is 0 Å². The summed E-state index contributed by atoms with van der Waals surface area (Å²) in [5, 5.41) is 2.61. The highest BCUT2D eigenvalue weighted by Gasteiger charge is 2.35. The minimum absolute atomic E-state index is 0.403. The molecule has 6 heteroatoms. The number of amides is 1. The molecule has 0 aromatic heterocycles. The molecule has 0 unspecified atom stereocenters. The maximum Gasteiger partial charge on any atom is 0.318 e. The molecule has 4 rings (SSSR count). The number of fused-ring (bicyclic) bond motifs is 2. The number of carbonyl (C=O) groups is 2. The quantitative estimate of drug-likeness (QED) is 0.659. The van der Waals surface area contributed by atoms with Crippen LogP contribution < -0.4 is 10.1 Å². The van der Waals surface area contributed by atoms with E-state index in [1.54, 1.807) is 24.3 Å². The van der Waals surface area contributed by atoms with Crippen LogP contribution in [0.3, 0.4) is 0 Å². The van der Waals surface area contributed by atoms with E-state index in [0.717, 1.165) is 0 Å². The Bertz CT molecular complexity index is 1020. The first-order chi connectivity index (χ1) is 14.0. The third-order valence-corrected chi connectivity index (χ3v) is 4.69. The van der Waals surface area contributed by atoms with Crippen LogP contribution in [-0.4, -0.2) is 18.0 Å². The summed E-state index contributed by atoms with van der Waals surface area (Å²) in [6.45, 7) is 1.49. The number of esters is 1. The molecule has 0 radical (unpaired) electrons. The molecule has 0 spiro atoms. The Morgan fingerprint density at radius 2 is 1.48 bits per heavy atom. The molecular weight excluding hydrogens is 373 g/mol. The highest BCUT2D eigenvalue weighted by molar-refractivity contribution is 5.96. The van der Waals surface area contributed by atoms with Gasteiger partial charge in [0, 0.05) is 16.8 Å². The average molecular weight is 391 g/mol. The van der Waals surface area contributed by atoms with Crippen LogP contribution >= 0.6 is 0 Å². The minimum atomic E-state index is -1.03. The molecule has 3 aromatic rings. The van der Waals surface area contributed by atoms with Gasteiger partial charge in [0.1, 0.15) is 23.2 Å². The number of halogens is 1. The van der Waals surface area contributed by atoms with Crippen molar-refractivity contribution in [1.29, 1.82) is 0 Å². The summed E-state index contributed by atoms with van der Waals surface area (Å²) in [5.41, 5.74) is 1.78. The molecule has 0 bridgehead atoms. The van der Waals surface area contributed by atoms with Gasteiger partial charge in [0.15, 0.2) is 6.10 Å². The van der Waals surface area contributed by atoms with Crippen molar-refractivity contribution in [3.8, 4) is 11.5 Å². The summed E-state index contributed by atoms with van der Waals surface area (Å²) in [6.07, 6.45) is -1.03. The van der Waals surface area contributed by atoms with Crippen LogP contribution in [0.1, 0.15) is 24.0 Å². The number of ether oxygens (including phenoxy) is 2. The van der Waals surface area contributed by atoms with Gasteiger partial charge in [-0.2, -0.15) is 0 Å². The van der Waals surface area contributed by atoms with Crippen molar-refractivity contribution in [3.05, 3.63) is 89.7 Å². The predicted molar refractivity (Wildman–Crippen MR) is 105 cm³/mol. The molecule has 0 fully saturated rings. The van der Waals surface area contributed by atoms with Gasteiger partial charge in [-0.25, -0.2) is 4.39 Å². The third kappa shape index (κ3) is 3.82. The first-order valence-electron chi connectivity index (χ1n) is 9.15. The lowest BCUT2D eigenvalue weighted by Gasteiger charge is -2.27. The Kier molecular flexibility index (Phi) is 4.99. The summed E-state index contributed by atoms with van der Waals surface area (Å²) >= 11 is 0. The van der Waals surface area contributed by atoms with Crippen molar-refractivity contribution >= 4 is 17.6 Å². The number of hydrogen-bond donors (Lipinski definition) is 1. The first-order valence-corrected chi connectivity index (χ1v) is 9.15. The van der Waals surface area contributed by atoms with Gasteiger partial charge < -0.3 is 14.8 Å². The zero-order valence-corrected chi connectivity index (χ0v) is 15.6.